The Hall–Kier alpha value is -2.67. The normalized spacial score (nSPS) is 10.2. The monoisotopic (exact) mass is 276 g/mol. The first-order valence-corrected chi connectivity index (χ1v) is 5.78. The van der Waals surface area contributed by atoms with Crippen LogP contribution in [0.1, 0.15) is 5.56 Å². The lowest BCUT2D eigenvalue weighted by atomic mass is 10.2. The first kappa shape index (κ1) is 13.8. The number of halogens is 1. The molecule has 0 heterocycles. The van der Waals surface area contributed by atoms with Gasteiger partial charge in [-0.25, -0.2) is 4.39 Å². The zero-order valence-corrected chi connectivity index (χ0v) is 10.7. The second-order valence-corrected chi connectivity index (χ2v) is 4.31. The number of hydrogen-bond acceptors (Lipinski definition) is 5. The number of nitrogen functional groups attached to an aromatic ring is 1. The van der Waals surface area contributed by atoms with E-state index in [1.165, 1.54) is 24.3 Å². The Balaban J connectivity index is 2.37. The topological polar surface area (TPSA) is 93.2 Å². The van der Waals surface area contributed by atoms with Gasteiger partial charge in [-0.1, -0.05) is 0 Å². The van der Waals surface area contributed by atoms with Crippen molar-refractivity contribution in [2.24, 2.45) is 5.84 Å². The Labute approximate surface area is 114 Å². The molecule has 20 heavy (non-hydrogen) atoms. The number of aryl methyl sites for hydroxylation is 1. The maximum Gasteiger partial charge on any atom is 0.273 e. The number of nitro groups is 1. The van der Waals surface area contributed by atoms with Crippen molar-refractivity contribution in [3.63, 3.8) is 0 Å². The Kier molecular flexibility index (Phi) is 3.81. The van der Waals surface area contributed by atoms with Gasteiger partial charge in [0.1, 0.15) is 5.82 Å². The van der Waals surface area contributed by atoms with Gasteiger partial charge in [-0.3, -0.25) is 16.0 Å². The summed E-state index contributed by atoms with van der Waals surface area (Å²) in [6.45, 7) is 1.76. The fraction of sp³-hybridized carbons (Fsp3) is 0.0769. The smallest absolute Gasteiger partial charge is 0.273 e. The van der Waals surface area contributed by atoms with E-state index < -0.39 is 4.92 Å². The summed E-state index contributed by atoms with van der Waals surface area (Å²) >= 11 is 0. The van der Waals surface area contributed by atoms with Gasteiger partial charge < -0.3 is 10.7 Å². The fourth-order valence-corrected chi connectivity index (χ4v) is 1.85. The lowest BCUT2D eigenvalue weighted by Crippen LogP contribution is -2.07. The van der Waals surface area contributed by atoms with Gasteiger partial charge in [0.2, 0.25) is 0 Å². The third-order valence-electron chi connectivity index (χ3n) is 2.63. The molecule has 2 rings (SSSR count). The number of nitrogens with two attached hydrogens (primary N) is 1. The second kappa shape index (κ2) is 5.54. The number of rotatable bonds is 4. The van der Waals surface area contributed by atoms with Crippen molar-refractivity contribution >= 4 is 22.7 Å². The van der Waals surface area contributed by atoms with Crippen molar-refractivity contribution in [1.29, 1.82) is 0 Å². The van der Waals surface area contributed by atoms with Gasteiger partial charge >= 0.3 is 0 Å². The van der Waals surface area contributed by atoms with Gasteiger partial charge in [-0.05, 0) is 36.8 Å². The molecule has 0 unspecified atom stereocenters. The minimum Gasteiger partial charge on any atom is -0.355 e. The number of nitrogens with zero attached hydrogens (tertiary/aromatic N) is 1. The number of hydrogen-bond donors (Lipinski definition) is 3. The molecule has 0 fully saturated rings. The van der Waals surface area contributed by atoms with Gasteiger partial charge in [0, 0.05) is 23.5 Å². The van der Waals surface area contributed by atoms with Gasteiger partial charge in [-0.2, -0.15) is 0 Å². The van der Waals surface area contributed by atoms with Crippen LogP contribution in [0.25, 0.3) is 0 Å². The van der Waals surface area contributed by atoms with Crippen LogP contribution >= 0.6 is 0 Å². The van der Waals surface area contributed by atoms with E-state index >= 15 is 0 Å². The summed E-state index contributed by atoms with van der Waals surface area (Å²) in [6, 6.07) is 8.68. The van der Waals surface area contributed by atoms with E-state index in [2.05, 4.69) is 10.7 Å². The van der Waals surface area contributed by atoms with Crippen LogP contribution in [0, 0.1) is 22.9 Å². The zero-order chi connectivity index (χ0) is 14.7. The summed E-state index contributed by atoms with van der Waals surface area (Å²) in [5.74, 6) is 4.89. The molecule has 0 aliphatic heterocycles. The summed E-state index contributed by atoms with van der Waals surface area (Å²) in [5, 5.41) is 13.7. The molecule has 0 saturated heterocycles. The number of benzene rings is 2. The molecule has 104 valence electrons. The molecule has 0 aromatic heterocycles. The van der Waals surface area contributed by atoms with E-state index in [4.69, 9.17) is 5.84 Å². The average molecular weight is 276 g/mol. The lowest BCUT2D eigenvalue weighted by Gasteiger charge is -2.09. The summed E-state index contributed by atoms with van der Waals surface area (Å²) in [4.78, 5) is 10.3. The Morgan fingerprint density at radius 2 is 1.75 bits per heavy atom. The molecular weight excluding hydrogens is 263 g/mol. The number of nitro benzene ring substituents is 1. The predicted molar refractivity (Wildman–Crippen MR) is 75.3 cm³/mol. The first-order valence-electron chi connectivity index (χ1n) is 5.78. The lowest BCUT2D eigenvalue weighted by molar-refractivity contribution is -0.384. The average Bonchev–Trinajstić information content (AvgIpc) is 2.36. The Bertz CT molecular complexity index is 641. The summed E-state index contributed by atoms with van der Waals surface area (Å²) < 4.78 is 13.3. The summed E-state index contributed by atoms with van der Waals surface area (Å²) in [7, 11) is 0. The molecule has 0 bridgehead atoms. The second-order valence-electron chi connectivity index (χ2n) is 4.31. The Morgan fingerprint density at radius 3 is 2.35 bits per heavy atom. The molecule has 0 spiro atoms. The van der Waals surface area contributed by atoms with Gasteiger partial charge in [0.25, 0.3) is 5.69 Å². The maximum atomic E-state index is 13.3. The van der Waals surface area contributed by atoms with Crippen molar-refractivity contribution in [3.05, 3.63) is 57.9 Å². The van der Waals surface area contributed by atoms with Crippen molar-refractivity contribution in [2.45, 2.75) is 6.92 Å². The molecule has 2 aromatic carbocycles. The van der Waals surface area contributed by atoms with Crippen LogP contribution in [-0.4, -0.2) is 4.92 Å². The molecule has 7 heteroatoms. The molecule has 4 N–H and O–H groups in total. The molecule has 0 radical (unpaired) electrons. The molecule has 0 amide bonds. The van der Waals surface area contributed by atoms with E-state index in [0.29, 0.717) is 17.1 Å². The summed E-state index contributed by atoms with van der Waals surface area (Å²) in [6.07, 6.45) is 0. The minimum atomic E-state index is -0.525. The highest BCUT2D eigenvalue weighted by molar-refractivity contribution is 5.68. The van der Waals surface area contributed by atoms with E-state index in [-0.39, 0.29) is 11.5 Å². The van der Waals surface area contributed by atoms with Crippen molar-refractivity contribution in [3.8, 4) is 0 Å². The van der Waals surface area contributed by atoms with Gasteiger partial charge in [0.15, 0.2) is 0 Å². The van der Waals surface area contributed by atoms with Crippen LogP contribution in [0.5, 0.6) is 0 Å². The maximum absolute atomic E-state index is 13.3. The highest BCUT2D eigenvalue weighted by Crippen LogP contribution is 2.27. The molecule has 0 saturated carbocycles. The molecule has 0 aliphatic rings. The number of hydrazine groups is 1. The van der Waals surface area contributed by atoms with Crippen LogP contribution < -0.4 is 16.6 Å². The van der Waals surface area contributed by atoms with E-state index in [9.17, 15) is 14.5 Å². The number of anilines is 3. The quantitative estimate of drug-likeness (QED) is 0.453. The van der Waals surface area contributed by atoms with Crippen molar-refractivity contribution < 1.29 is 9.31 Å². The minimum absolute atomic E-state index is 0.115. The number of non-ortho nitro benzene ring substituents is 1. The van der Waals surface area contributed by atoms with E-state index in [1.54, 1.807) is 19.1 Å². The highest BCUT2D eigenvalue weighted by atomic mass is 19.1. The predicted octanol–water partition coefficient (Wildman–Crippen LogP) is 3.07. The van der Waals surface area contributed by atoms with E-state index in [1.807, 2.05) is 0 Å². The van der Waals surface area contributed by atoms with Crippen LogP contribution in [-0.2, 0) is 0 Å². The highest BCUT2D eigenvalue weighted by Gasteiger charge is 2.10. The molecule has 6 nitrogen and oxygen atoms in total. The third-order valence-corrected chi connectivity index (χ3v) is 2.63. The molecule has 2 aromatic rings. The SMILES string of the molecule is Cc1cc(F)cc(Nc2cc(NN)cc([N+](=O)[O-])c2)c1. The fourth-order valence-electron chi connectivity index (χ4n) is 1.85. The van der Waals surface area contributed by atoms with Gasteiger partial charge in [-0.15, -0.1) is 0 Å². The van der Waals surface area contributed by atoms with Crippen LogP contribution in [0.4, 0.5) is 27.1 Å². The van der Waals surface area contributed by atoms with Crippen LogP contribution in [0.2, 0.25) is 0 Å². The molecule has 0 aliphatic carbocycles. The van der Waals surface area contributed by atoms with Crippen molar-refractivity contribution in [1.82, 2.24) is 0 Å². The van der Waals surface area contributed by atoms with Crippen molar-refractivity contribution in [2.75, 3.05) is 10.7 Å². The van der Waals surface area contributed by atoms with Crippen LogP contribution in [0.15, 0.2) is 36.4 Å². The Morgan fingerprint density at radius 1 is 1.10 bits per heavy atom. The molecular formula is C13H13FN4O2. The molecule has 0 atom stereocenters. The number of nitrogens with one attached hydrogen (secondary N) is 2. The third kappa shape index (κ3) is 3.21. The van der Waals surface area contributed by atoms with Crippen LogP contribution in [0.3, 0.4) is 0 Å². The van der Waals surface area contributed by atoms with E-state index in [0.717, 1.165) is 5.56 Å². The zero-order valence-electron chi connectivity index (χ0n) is 10.7. The first-order chi connectivity index (χ1) is 9.47. The van der Waals surface area contributed by atoms with Gasteiger partial charge in [0.05, 0.1) is 10.6 Å². The largest absolute Gasteiger partial charge is 0.355 e. The summed E-state index contributed by atoms with van der Waals surface area (Å²) in [5.41, 5.74) is 4.31. The standard InChI is InChI=1S/C13H13FN4O2/c1-8-2-9(14)4-10(3-8)16-11-5-12(17-15)7-13(6-11)18(19)20/h2-7,16-17H,15H2,1H3.